The number of ether oxygens (including phenoxy) is 2. The van der Waals surface area contributed by atoms with Crippen LogP contribution in [-0.2, 0) is 6.61 Å². The van der Waals surface area contributed by atoms with Gasteiger partial charge >= 0.3 is 0 Å². The van der Waals surface area contributed by atoms with E-state index in [1.807, 2.05) is 72.1 Å². The first-order chi connectivity index (χ1) is 15.7. The summed E-state index contributed by atoms with van der Waals surface area (Å²) in [4.78, 5) is 4.67. The van der Waals surface area contributed by atoms with Crippen molar-refractivity contribution >= 4 is 23.0 Å². The number of methoxy groups -OCH3 is 1. The number of aryl methyl sites for hydroxylation is 1. The van der Waals surface area contributed by atoms with E-state index in [-0.39, 0.29) is 0 Å². The zero-order valence-corrected chi connectivity index (χ0v) is 18.7. The van der Waals surface area contributed by atoms with Gasteiger partial charge in [0.15, 0.2) is 11.5 Å². The van der Waals surface area contributed by atoms with Crippen LogP contribution in [0.25, 0.3) is 22.9 Å². The standard InChI is InChI=1S/C27H22N2O2S/c1-19-8-11-22(12-9-19)24-18-32-27(29-24)23(16-28)14-21-10-13-25(26(15-21)30-2)31-17-20-6-4-3-5-7-20/h3-15,18H,17H2,1-2H3/b23-14+. The van der Waals surface area contributed by atoms with Crippen molar-refractivity contribution in [2.45, 2.75) is 13.5 Å². The van der Waals surface area contributed by atoms with E-state index in [4.69, 9.17) is 9.47 Å². The lowest BCUT2D eigenvalue weighted by molar-refractivity contribution is 0.284. The van der Waals surface area contributed by atoms with E-state index in [2.05, 4.69) is 30.1 Å². The van der Waals surface area contributed by atoms with Crippen molar-refractivity contribution in [2.75, 3.05) is 7.11 Å². The van der Waals surface area contributed by atoms with E-state index in [0.717, 1.165) is 22.4 Å². The monoisotopic (exact) mass is 438 g/mol. The third-order valence-corrected chi connectivity index (χ3v) is 5.81. The average molecular weight is 439 g/mol. The summed E-state index contributed by atoms with van der Waals surface area (Å²) in [5.74, 6) is 1.27. The zero-order chi connectivity index (χ0) is 22.3. The van der Waals surface area contributed by atoms with Crippen molar-refractivity contribution in [1.29, 1.82) is 5.26 Å². The van der Waals surface area contributed by atoms with Crippen molar-refractivity contribution in [3.63, 3.8) is 0 Å². The van der Waals surface area contributed by atoms with Gasteiger partial charge in [-0.05, 0) is 36.3 Å². The van der Waals surface area contributed by atoms with Crippen LogP contribution in [0, 0.1) is 18.3 Å². The molecular weight excluding hydrogens is 416 g/mol. The van der Waals surface area contributed by atoms with Crippen LogP contribution in [0.2, 0.25) is 0 Å². The lowest BCUT2D eigenvalue weighted by atomic mass is 10.1. The summed E-state index contributed by atoms with van der Waals surface area (Å²) >= 11 is 1.46. The largest absolute Gasteiger partial charge is 0.493 e. The molecule has 0 radical (unpaired) electrons. The molecule has 4 aromatic rings. The Morgan fingerprint density at radius 3 is 2.53 bits per heavy atom. The van der Waals surface area contributed by atoms with E-state index in [1.54, 1.807) is 7.11 Å². The molecule has 0 aliphatic heterocycles. The van der Waals surface area contributed by atoms with Crippen LogP contribution in [0.5, 0.6) is 11.5 Å². The lowest BCUT2D eigenvalue weighted by Crippen LogP contribution is -1.97. The minimum Gasteiger partial charge on any atom is -0.493 e. The molecule has 0 N–H and O–H groups in total. The van der Waals surface area contributed by atoms with Gasteiger partial charge in [0.25, 0.3) is 0 Å². The number of nitriles is 1. The maximum atomic E-state index is 9.74. The van der Waals surface area contributed by atoms with Crippen molar-refractivity contribution in [2.24, 2.45) is 0 Å². The van der Waals surface area contributed by atoms with Gasteiger partial charge in [-0.1, -0.05) is 66.2 Å². The molecule has 0 unspecified atom stereocenters. The number of allylic oxidation sites excluding steroid dienone is 1. The Kier molecular flexibility index (Phi) is 6.64. The molecule has 0 fully saturated rings. The fraction of sp³-hybridized carbons (Fsp3) is 0.111. The summed E-state index contributed by atoms with van der Waals surface area (Å²) < 4.78 is 11.4. The van der Waals surface area contributed by atoms with Gasteiger partial charge in [-0.3, -0.25) is 0 Å². The first kappa shape index (κ1) is 21.4. The van der Waals surface area contributed by atoms with Gasteiger partial charge in [-0.2, -0.15) is 5.26 Å². The molecule has 1 heterocycles. The molecule has 32 heavy (non-hydrogen) atoms. The van der Waals surface area contributed by atoms with Crippen LogP contribution in [0.15, 0.2) is 78.2 Å². The molecule has 0 atom stereocenters. The summed E-state index contributed by atoms with van der Waals surface area (Å²) in [6, 6.07) is 26.1. The molecule has 3 aromatic carbocycles. The van der Waals surface area contributed by atoms with E-state index in [0.29, 0.717) is 28.7 Å². The Balaban J connectivity index is 1.55. The predicted molar refractivity (Wildman–Crippen MR) is 130 cm³/mol. The van der Waals surface area contributed by atoms with Crippen molar-refractivity contribution in [3.05, 3.63) is 99.9 Å². The van der Waals surface area contributed by atoms with Crippen LogP contribution >= 0.6 is 11.3 Å². The lowest BCUT2D eigenvalue weighted by Gasteiger charge is -2.11. The number of hydrogen-bond donors (Lipinski definition) is 0. The predicted octanol–water partition coefficient (Wildman–Crippen LogP) is 6.77. The summed E-state index contributed by atoms with van der Waals surface area (Å²) in [7, 11) is 1.61. The first-order valence-corrected chi connectivity index (χ1v) is 11.0. The highest BCUT2D eigenvalue weighted by Gasteiger charge is 2.11. The number of nitrogens with zero attached hydrogens (tertiary/aromatic N) is 2. The summed E-state index contributed by atoms with van der Waals surface area (Å²) in [5.41, 5.74) is 5.54. The minimum absolute atomic E-state index is 0.455. The van der Waals surface area contributed by atoms with Crippen LogP contribution in [0.3, 0.4) is 0 Å². The number of aromatic nitrogens is 1. The van der Waals surface area contributed by atoms with Gasteiger partial charge in [0.05, 0.1) is 18.4 Å². The molecule has 0 bridgehead atoms. The zero-order valence-electron chi connectivity index (χ0n) is 17.9. The molecule has 1 aromatic heterocycles. The van der Waals surface area contributed by atoms with E-state index in [1.165, 1.54) is 16.9 Å². The van der Waals surface area contributed by atoms with Crippen molar-refractivity contribution in [3.8, 4) is 28.8 Å². The van der Waals surface area contributed by atoms with Crippen LogP contribution in [-0.4, -0.2) is 12.1 Å². The smallest absolute Gasteiger partial charge is 0.161 e. The molecule has 0 amide bonds. The topological polar surface area (TPSA) is 55.1 Å². The highest BCUT2D eigenvalue weighted by molar-refractivity contribution is 7.11. The quantitative estimate of drug-likeness (QED) is 0.299. The third kappa shape index (κ3) is 5.05. The maximum Gasteiger partial charge on any atom is 0.161 e. The number of rotatable bonds is 7. The minimum atomic E-state index is 0.455. The van der Waals surface area contributed by atoms with Crippen LogP contribution in [0.1, 0.15) is 21.7 Å². The van der Waals surface area contributed by atoms with Gasteiger partial charge in [0.1, 0.15) is 17.7 Å². The second-order valence-corrected chi connectivity index (χ2v) is 8.12. The maximum absolute atomic E-state index is 9.74. The molecule has 158 valence electrons. The normalized spacial score (nSPS) is 11.1. The molecule has 0 aliphatic rings. The van der Waals surface area contributed by atoms with Gasteiger partial charge in [0.2, 0.25) is 0 Å². The van der Waals surface area contributed by atoms with Gasteiger partial charge in [-0.15, -0.1) is 11.3 Å². The molecule has 4 rings (SSSR count). The second kappa shape index (κ2) is 9.95. The Morgan fingerprint density at radius 2 is 1.81 bits per heavy atom. The third-order valence-electron chi connectivity index (χ3n) is 4.94. The van der Waals surface area contributed by atoms with E-state index >= 15 is 0 Å². The number of hydrogen-bond acceptors (Lipinski definition) is 5. The molecular formula is C27H22N2O2S. The SMILES string of the molecule is COc1cc(/C=C(\C#N)c2nc(-c3ccc(C)cc3)cs2)ccc1OCc1ccccc1. The fourth-order valence-corrected chi connectivity index (χ4v) is 3.99. The summed E-state index contributed by atoms with van der Waals surface area (Å²) in [5, 5.41) is 12.4. The molecule has 0 saturated heterocycles. The molecule has 0 spiro atoms. The van der Waals surface area contributed by atoms with Crippen LogP contribution in [0.4, 0.5) is 0 Å². The highest BCUT2D eigenvalue weighted by Crippen LogP contribution is 2.32. The molecule has 0 saturated carbocycles. The van der Waals surface area contributed by atoms with E-state index < -0.39 is 0 Å². The van der Waals surface area contributed by atoms with Crippen molar-refractivity contribution < 1.29 is 9.47 Å². The van der Waals surface area contributed by atoms with Gasteiger partial charge < -0.3 is 9.47 Å². The molecule has 4 nitrogen and oxygen atoms in total. The van der Waals surface area contributed by atoms with Crippen LogP contribution < -0.4 is 9.47 Å². The summed E-state index contributed by atoms with van der Waals surface area (Å²) in [6.07, 6.45) is 1.82. The fourth-order valence-electron chi connectivity index (χ4n) is 3.19. The second-order valence-electron chi connectivity index (χ2n) is 7.26. The van der Waals surface area contributed by atoms with Gasteiger partial charge in [0, 0.05) is 10.9 Å². The Bertz CT molecular complexity index is 1270. The summed E-state index contributed by atoms with van der Waals surface area (Å²) in [6.45, 7) is 2.51. The van der Waals surface area contributed by atoms with Gasteiger partial charge in [-0.25, -0.2) is 4.98 Å². The molecule has 0 aliphatic carbocycles. The Hall–Kier alpha value is -3.88. The number of thiazole rings is 1. The average Bonchev–Trinajstić information content (AvgIpc) is 3.32. The molecule has 5 heteroatoms. The Labute approximate surface area is 192 Å². The number of benzene rings is 3. The van der Waals surface area contributed by atoms with Crippen molar-refractivity contribution in [1.82, 2.24) is 4.98 Å². The first-order valence-electron chi connectivity index (χ1n) is 10.2. The highest BCUT2D eigenvalue weighted by atomic mass is 32.1. The Morgan fingerprint density at radius 1 is 1.03 bits per heavy atom. The van der Waals surface area contributed by atoms with E-state index in [9.17, 15) is 5.26 Å².